The van der Waals surface area contributed by atoms with Crippen LogP contribution in [0.2, 0.25) is 0 Å². The van der Waals surface area contributed by atoms with E-state index in [4.69, 9.17) is 13.9 Å². The molecule has 3 rings (SSSR count). The zero-order valence-corrected chi connectivity index (χ0v) is 15.5. The zero-order chi connectivity index (χ0) is 19.6. The van der Waals surface area contributed by atoms with Gasteiger partial charge in [0, 0.05) is 24.1 Å². The smallest absolute Gasteiger partial charge is 0.260 e. The summed E-state index contributed by atoms with van der Waals surface area (Å²) in [6.45, 7) is 3.50. The second-order valence-electron chi connectivity index (χ2n) is 5.89. The molecule has 0 fully saturated rings. The number of aryl methyl sites for hydroxylation is 2. The molecular formula is C20H19N3O4. The molecule has 0 aliphatic heterocycles. The van der Waals surface area contributed by atoms with Gasteiger partial charge in [-0.25, -0.2) is 0 Å². The number of amides is 1. The molecule has 0 spiro atoms. The normalized spacial score (nSPS) is 10.3. The Bertz CT molecular complexity index is 1030. The van der Waals surface area contributed by atoms with E-state index in [1.54, 1.807) is 43.1 Å². The molecule has 1 N–H and O–H groups in total. The van der Waals surface area contributed by atoms with E-state index < -0.39 is 5.91 Å². The van der Waals surface area contributed by atoms with Crippen molar-refractivity contribution in [2.24, 2.45) is 0 Å². The summed E-state index contributed by atoms with van der Waals surface area (Å²) >= 11 is 0. The van der Waals surface area contributed by atoms with Gasteiger partial charge in [0.2, 0.25) is 5.88 Å². The van der Waals surface area contributed by atoms with Crippen molar-refractivity contribution in [3.8, 4) is 23.5 Å². The number of aromatic nitrogens is 1. The molecule has 0 atom stereocenters. The van der Waals surface area contributed by atoms with Crippen molar-refractivity contribution in [3.63, 3.8) is 0 Å². The van der Waals surface area contributed by atoms with E-state index in [2.05, 4.69) is 11.4 Å². The molecule has 138 valence electrons. The van der Waals surface area contributed by atoms with Gasteiger partial charge in [0.05, 0.1) is 14.2 Å². The zero-order valence-electron chi connectivity index (χ0n) is 15.5. The van der Waals surface area contributed by atoms with Crippen molar-refractivity contribution >= 4 is 11.6 Å². The lowest BCUT2D eigenvalue weighted by Crippen LogP contribution is -2.15. The minimum Gasteiger partial charge on any atom is -0.493 e. The van der Waals surface area contributed by atoms with Crippen molar-refractivity contribution in [2.75, 3.05) is 19.5 Å². The van der Waals surface area contributed by atoms with Crippen molar-refractivity contribution in [3.05, 3.63) is 59.1 Å². The average molecular weight is 365 g/mol. The van der Waals surface area contributed by atoms with Gasteiger partial charge in [-0.1, -0.05) is 0 Å². The number of nitrogens with zero attached hydrogens (tertiary/aromatic N) is 2. The monoisotopic (exact) mass is 365 g/mol. The molecule has 1 amide bonds. The molecule has 2 aromatic heterocycles. The number of rotatable bonds is 5. The lowest BCUT2D eigenvalue weighted by atomic mass is 10.1. The minimum atomic E-state index is -0.429. The van der Waals surface area contributed by atoms with Gasteiger partial charge in [-0.15, -0.1) is 0 Å². The number of nitriles is 1. The van der Waals surface area contributed by atoms with Gasteiger partial charge in [-0.05, 0) is 37.6 Å². The number of anilines is 1. The summed E-state index contributed by atoms with van der Waals surface area (Å²) in [6, 6.07) is 9.15. The molecule has 0 saturated carbocycles. The molecule has 7 nitrogen and oxygen atoms in total. The number of benzene rings is 1. The van der Waals surface area contributed by atoms with Gasteiger partial charge in [-0.3, -0.25) is 9.36 Å². The van der Waals surface area contributed by atoms with E-state index in [1.165, 1.54) is 7.11 Å². The summed E-state index contributed by atoms with van der Waals surface area (Å²) in [5.41, 5.74) is 1.74. The average Bonchev–Trinajstić information content (AvgIpc) is 3.29. The predicted octanol–water partition coefficient (Wildman–Crippen LogP) is 3.83. The lowest BCUT2D eigenvalue weighted by molar-refractivity contribution is 0.102. The molecular weight excluding hydrogens is 346 g/mol. The molecule has 0 unspecified atom stereocenters. The number of carbonyl (C=O) groups is 1. The summed E-state index contributed by atoms with van der Waals surface area (Å²) in [5.74, 6) is 1.32. The molecule has 2 heterocycles. The third kappa shape index (κ3) is 3.25. The van der Waals surface area contributed by atoms with E-state index in [0.29, 0.717) is 28.8 Å². The number of methoxy groups -OCH3 is 2. The van der Waals surface area contributed by atoms with Gasteiger partial charge < -0.3 is 19.2 Å². The van der Waals surface area contributed by atoms with E-state index in [1.807, 2.05) is 19.1 Å². The highest BCUT2D eigenvalue weighted by molar-refractivity contribution is 6.07. The van der Waals surface area contributed by atoms with Crippen molar-refractivity contribution in [1.82, 2.24) is 4.57 Å². The number of ether oxygens (including phenoxy) is 2. The topological polar surface area (TPSA) is 89.4 Å². The Kier molecular flexibility index (Phi) is 4.90. The van der Waals surface area contributed by atoms with Crippen molar-refractivity contribution < 1.29 is 18.7 Å². The Morgan fingerprint density at radius 2 is 1.78 bits per heavy atom. The fraction of sp³-hybridized carbons (Fsp3) is 0.200. The Morgan fingerprint density at radius 1 is 1.15 bits per heavy atom. The molecule has 0 aliphatic rings. The lowest BCUT2D eigenvalue weighted by Gasteiger charge is -2.13. The van der Waals surface area contributed by atoms with Gasteiger partial charge in [-0.2, -0.15) is 5.26 Å². The van der Waals surface area contributed by atoms with E-state index >= 15 is 0 Å². The second-order valence-corrected chi connectivity index (χ2v) is 5.89. The van der Waals surface area contributed by atoms with Crippen molar-refractivity contribution in [1.29, 1.82) is 5.26 Å². The predicted molar refractivity (Wildman–Crippen MR) is 99.7 cm³/mol. The number of hydrogen-bond acceptors (Lipinski definition) is 5. The highest BCUT2D eigenvalue weighted by Gasteiger charge is 2.25. The third-order valence-corrected chi connectivity index (χ3v) is 4.22. The number of hydrogen-bond donors (Lipinski definition) is 1. The first-order chi connectivity index (χ1) is 13.0. The molecule has 0 radical (unpaired) electrons. The van der Waals surface area contributed by atoms with Gasteiger partial charge >= 0.3 is 0 Å². The van der Waals surface area contributed by atoms with Crippen LogP contribution in [0.5, 0.6) is 11.5 Å². The maximum atomic E-state index is 12.9. The SMILES string of the molecule is COc1cc(C)c(NC(=O)c2c(C)oc(-n3cccc3)c2C#N)cc1OC. The Morgan fingerprint density at radius 3 is 2.37 bits per heavy atom. The molecule has 27 heavy (non-hydrogen) atoms. The van der Waals surface area contributed by atoms with Crippen LogP contribution in [-0.4, -0.2) is 24.7 Å². The van der Waals surface area contributed by atoms with Crippen LogP contribution >= 0.6 is 0 Å². The molecule has 0 saturated heterocycles. The number of carbonyl (C=O) groups excluding carboxylic acids is 1. The molecule has 3 aromatic rings. The van der Waals surface area contributed by atoms with Crippen LogP contribution in [0.25, 0.3) is 5.88 Å². The maximum Gasteiger partial charge on any atom is 0.260 e. The van der Waals surface area contributed by atoms with Crippen LogP contribution in [0.1, 0.15) is 27.2 Å². The fourth-order valence-corrected chi connectivity index (χ4v) is 2.86. The largest absolute Gasteiger partial charge is 0.493 e. The Balaban J connectivity index is 2.00. The Hall–Kier alpha value is -3.66. The van der Waals surface area contributed by atoms with Crippen LogP contribution in [0.4, 0.5) is 5.69 Å². The summed E-state index contributed by atoms with van der Waals surface area (Å²) in [4.78, 5) is 12.9. The van der Waals surface area contributed by atoms with E-state index in [9.17, 15) is 10.1 Å². The van der Waals surface area contributed by atoms with Crippen LogP contribution in [-0.2, 0) is 0 Å². The summed E-state index contributed by atoms with van der Waals surface area (Å²) < 4.78 is 17.9. The first kappa shape index (κ1) is 18.1. The first-order valence-corrected chi connectivity index (χ1v) is 8.21. The van der Waals surface area contributed by atoms with Gasteiger partial charge in [0.25, 0.3) is 5.91 Å². The van der Waals surface area contributed by atoms with E-state index in [-0.39, 0.29) is 11.1 Å². The highest BCUT2D eigenvalue weighted by Crippen LogP contribution is 2.34. The molecule has 7 heteroatoms. The van der Waals surface area contributed by atoms with E-state index in [0.717, 1.165) is 5.56 Å². The number of furan rings is 1. The molecule has 0 aliphatic carbocycles. The minimum absolute atomic E-state index is 0.180. The quantitative estimate of drug-likeness (QED) is 0.742. The fourth-order valence-electron chi connectivity index (χ4n) is 2.86. The summed E-state index contributed by atoms with van der Waals surface area (Å²) in [5, 5.41) is 12.4. The summed E-state index contributed by atoms with van der Waals surface area (Å²) in [6.07, 6.45) is 3.50. The highest BCUT2D eigenvalue weighted by atomic mass is 16.5. The van der Waals surface area contributed by atoms with Gasteiger partial charge in [0.15, 0.2) is 11.5 Å². The maximum absolute atomic E-state index is 12.9. The van der Waals surface area contributed by atoms with Crippen LogP contribution in [0.3, 0.4) is 0 Å². The Labute approximate surface area is 156 Å². The van der Waals surface area contributed by atoms with Crippen LogP contribution < -0.4 is 14.8 Å². The molecule has 0 bridgehead atoms. The standard InChI is InChI=1S/C20H19N3O4/c1-12-9-16(25-3)17(26-4)10-15(12)22-19(24)18-13(2)27-20(14(18)11-21)23-7-5-6-8-23/h5-10H,1-4H3,(H,22,24). The third-order valence-electron chi connectivity index (χ3n) is 4.22. The second kappa shape index (κ2) is 7.30. The molecule has 1 aromatic carbocycles. The first-order valence-electron chi connectivity index (χ1n) is 8.21. The summed E-state index contributed by atoms with van der Waals surface area (Å²) in [7, 11) is 3.07. The number of nitrogens with one attached hydrogen (secondary N) is 1. The van der Waals surface area contributed by atoms with Crippen LogP contribution in [0, 0.1) is 25.2 Å². The van der Waals surface area contributed by atoms with Crippen LogP contribution in [0.15, 0.2) is 41.1 Å². The van der Waals surface area contributed by atoms with Crippen molar-refractivity contribution in [2.45, 2.75) is 13.8 Å². The van der Waals surface area contributed by atoms with Gasteiger partial charge in [0.1, 0.15) is 23.0 Å².